The zero-order valence-electron chi connectivity index (χ0n) is 6.84. The van der Waals surface area contributed by atoms with Crippen LogP contribution < -0.4 is 4.74 Å². The molecule has 0 aliphatic carbocycles. The molecule has 0 atom stereocenters. The molecule has 0 heterocycles. The van der Waals surface area contributed by atoms with E-state index in [1.807, 2.05) is 0 Å². The van der Waals surface area contributed by atoms with Crippen molar-refractivity contribution >= 4 is 5.69 Å². The monoisotopic (exact) mass is 199 g/mol. The lowest BCUT2D eigenvalue weighted by Gasteiger charge is -2.02. The highest BCUT2D eigenvalue weighted by Gasteiger charge is 2.03. The van der Waals surface area contributed by atoms with E-state index in [1.54, 1.807) is 0 Å². The Morgan fingerprint density at radius 3 is 2.36 bits per heavy atom. The van der Waals surface area contributed by atoms with Crippen LogP contribution in [-0.2, 0) is 0 Å². The second kappa shape index (κ2) is 5.93. The first-order valence-corrected chi connectivity index (χ1v) is 3.72. The predicted octanol–water partition coefficient (Wildman–Crippen LogP) is 1.60. The molecule has 5 nitrogen and oxygen atoms in total. The summed E-state index contributed by atoms with van der Waals surface area (Å²) in [5.74, 6) is 0.514. The van der Waals surface area contributed by atoms with E-state index in [4.69, 9.17) is 9.84 Å². The van der Waals surface area contributed by atoms with Gasteiger partial charge in [-0.3, -0.25) is 10.1 Å². The van der Waals surface area contributed by atoms with Crippen LogP contribution in [0, 0.1) is 10.1 Å². The van der Waals surface area contributed by atoms with Crippen molar-refractivity contribution in [2.24, 2.45) is 0 Å². The maximum Gasteiger partial charge on any atom is 0.269 e. The zero-order chi connectivity index (χ0) is 9.68. The number of aliphatic hydroxyl groups excluding tert-OH is 1. The minimum atomic E-state index is -0.476. The van der Waals surface area contributed by atoms with Crippen molar-refractivity contribution in [3.63, 3.8) is 0 Å². The van der Waals surface area contributed by atoms with Gasteiger partial charge in [-0.1, -0.05) is 7.43 Å². The molecule has 0 spiro atoms. The van der Waals surface area contributed by atoms with Gasteiger partial charge < -0.3 is 9.84 Å². The molecule has 0 bridgehead atoms. The van der Waals surface area contributed by atoms with E-state index in [0.717, 1.165) is 0 Å². The molecule has 0 amide bonds. The van der Waals surface area contributed by atoms with Crippen molar-refractivity contribution in [3.05, 3.63) is 34.4 Å². The van der Waals surface area contributed by atoms with Crippen LogP contribution in [0.2, 0.25) is 0 Å². The van der Waals surface area contributed by atoms with Crippen LogP contribution in [-0.4, -0.2) is 23.2 Å². The van der Waals surface area contributed by atoms with Crippen LogP contribution in [0.5, 0.6) is 5.75 Å². The number of non-ortho nitro benzene ring substituents is 1. The summed E-state index contributed by atoms with van der Waals surface area (Å²) in [4.78, 5) is 9.77. The van der Waals surface area contributed by atoms with Gasteiger partial charge in [0.2, 0.25) is 0 Å². The van der Waals surface area contributed by atoms with Crippen LogP contribution in [0.4, 0.5) is 5.69 Å². The van der Waals surface area contributed by atoms with E-state index in [0.29, 0.717) is 5.75 Å². The molecule has 1 rings (SSSR count). The second-order valence-electron chi connectivity index (χ2n) is 2.32. The molecule has 0 unspecified atom stereocenters. The van der Waals surface area contributed by atoms with Crippen molar-refractivity contribution in [2.75, 3.05) is 13.2 Å². The van der Waals surface area contributed by atoms with Crippen LogP contribution in [0.1, 0.15) is 7.43 Å². The molecule has 1 aromatic carbocycles. The SMILES string of the molecule is C.O=[N+]([O-])c1ccc(OCCO)cc1. The fourth-order valence-electron chi connectivity index (χ4n) is 0.828. The number of hydrogen-bond acceptors (Lipinski definition) is 4. The molecule has 1 aromatic rings. The number of nitro benzene ring substituents is 1. The molecule has 14 heavy (non-hydrogen) atoms. The molecule has 1 N–H and O–H groups in total. The lowest BCUT2D eigenvalue weighted by atomic mass is 10.3. The van der Waals surface area contributed by atoms with Gasteiger partial charge in [-0.2, -0.15) is 0 Å². The smallest absolute Gasteiger partial charge is 0.269 e. The van der Waals surface area contributed by atoms with Gasteiger partial charge in [0.05, 0.1) is 11.5 Å². The fourth-order valence-corrected chi connectivity index (χ4v) is 0.828. The molecule has 0 aromatic heterocycles. The standard InChI is InChI=1S/C8H9NO4.CH4/c10-5-6-13-8-3-1-7(2-4-8)9(11)12;/h1-4,10H,5-6H2;1H4. The van der Waals surface area contributed by atoms with Crippen LogP contribution in [0.15, 0.2) is 24.3 Å². The lowest BCUT2D eigenvalue weighted by Crippen LogP contribution is -2.01. The third kappa shape index (κ3) is 3.40. The Bertz CT molecular complexity index is 283. The Morgan fingerprint density at radius 2 is 1.93 bits per heavy atom. The van der Waals surface area contributed by atoms with E-state index >= 15 is 0 Å². The number of nitro groups is 1. The van der Waals surface area contributed by atoms with Gasteiger partial charge in [-0.05, 0) is 12.1 Å². The van der Waals surface area contributed by atoms with Crippen molar-refractivity contribution in [1.29, 1.82) is 0 Å². The first-order valence-electron chi connectivity index (χ1n) is 3.72. The number of nitrogens with zero attached hydrogens (tertiary/aromatic N) is 1. The van der Waals surface area contributed by atoms with Gasteiger partial charge in [0.25, 0.3) is 5.69 Å². The molecule has 0 fully saturated rings. The van der Waals surface area contributed by atoms with E-state index in [2.05, 4.69) is 0 Å². The van der Waals surface area contributed by atoms with Crippen molar-refractivity contribution in [1.82, 2.24) is 0 Å². The zero-order valence-corrected chi connectivity index (χ0v) is 6.84. The largest absolute Gasteiger partial charge is 0.491 e. The van der Waals surface area contributed by atoms with E-state index < -0.39 is 4.92 Å². The Labute approximate surface area is 82.1 Å². The molecule has 0 aliphatic heterocycles. The number of hydrogen-bond donors (Lipinski definition) is 1. The molecular weight excluding hydrogens is 186 g/mol. The summed E-state index contributed by atoms with van der Waals surface area (Å²) in [6.45, 7) is 0.120. The summed E-state index contributed by atoms with van der Waals surface area (Å²) in [5.41, 5.74) is 0.0244. The number of ether oxygens (including phenoxy) is 1. The third-order valence-corrected chi connectivity index (χ3v) is 1.41. The average Bonchev–Trinajstić information content (AvgIpc) is 2.15. The molecule has 5 heteroatoms. The van der Waals surface area contributed by atoms with Crippen LogP contribution >= 0.6 is 0 Å². The van der Waals surface area contributed by atoms with Gasteiger partial charge in [-0.25, -0.2) is 0 Å². The quantitative estimate of drug-likeness (QED) is 0.590. The van der Waals surface area contributed by atoms with Gasteiger partial charge >= 0.3 is 0 Å². The van der Waals surface area contributed by atoms with Crippen LogP contribution in [0.3, 0.4) is 0 Å². The highest BCUT2D eigenvalue weighted by Crippen LogP contribution is 2.16. The maximum atomic E-state index is 10.3. The summed E-state index contributed by atoms with van der Waals surface area (Å²) < 4.78 is 5.02. The summed E-state index contributed by atoms with van der Waals surface area (Å²) in [5, 5.41) is 18.7. The normalized spacial score (nSPS) is 8.93. The minimum absolute atomic E-state index is 0. The summed E-state index contributed by atoms with van der Waals surface area (Å²) >= 11 is 0. The van der Waals surface area contributed by atoms with E-state index in [9.17, 15) is 10.1 Å². The van der Waals surface area contributed by atoms with Crippen molar-refractivity contribution < 1.29 is 14.8 Å². The first kappa shape index (κ1) is 12.4. The topological polar surface area (TPSA) is 72.6 Å². The number of rotatable bonds is 4. The Hall–Kier alpha value is -1.62. The molecule has 0 aliphatic rings. The molecule has 0 saturated heterocycles. The summed E-state index contributed by atoms with van der Waals surface area (Å²) in [6, 6.07) is 5.70. The van der Waals surface area contributed by atoms with Gasteiger partial charge in [-0.15, -0.1) is 0 Å². The Morgan fingerprint density at radius 1 is 1.36 bits per heavy atom. The Kier molecular flexibility index (Phi) is 5.24. The van der Waals surface area contributed by atoms with Gasteiger partial charge in [0, 0.05) is 12.1 Å². The lowest BCUT2D eigenvalue weighted by molar-refractivity contribution is -0.384. The summed E-state index contributed by atoms with van der Waals surface area (Å²) in [6.07, 6.45) is 0. The van der Waals surface area contributed by atoms with Crippen LogP contribution in [0.25, 0.3) is 0 Å². The number of aliphatic hydroxyl groups is 1. The average molecular weight is 199 g/mol. The van der Waals surface area contributed by atoms with Crippen molar-refractivity contribution in [3.8, 4) is 5.75 Å². The summed E-state index contributed by atoms with van der Waals surface area (Å²) in [7, 11) is 0. The third-order valence-electron chi connectivity index (χ3n) is 1.41. The highest BCUT2D eigenvalue weighted by atomic mass is 16.6. The highest BCUT2D eigenvalue weighted by molar-refractivity contribution is 5.35. The van der Waals surface area contributed by atoms with E-state index in [-0.39, 0.29) is 26.3 Å². The Balaban J connectivity index is 0.00000169. The molecule has 0 radical (unpaired) electrons. The first-order chi connectivity index (χ1) is 6.24. The van der Waals surface area contributed by atoms with Gasteiger partial charge in [0.1, 0.15) is 12.4 Å². The second-order valence-corrected chi connectivity index (χ2v) is 2.32. The fraction of sp³-hybridized carbons (Fsp3) is 0.333. The predicted molar refractivity (Wildman–Crippen MR) is 52.4 cm³/mol. The van der Waals surface area contributed by atoms with Gasteiger partial charge in [0.15, 0.2) is 0 Å². The molecule has 78 valence electrons. The maximum absolute atomic E-state index is 10.3. The number of benzene rings is 1. The minimum Gasteiger partial charge on any atom is -0.491 e. The molecule has 0 saturated carbocycles. The van der Waals surface area contributed by atoms with Crippen molar-refractivity contribution in [2.45, 2.75) is 7.43 Å². The molecular formula is C9H13NO4. The van der Waals surface area contributed by atoms with E-state index in [1.165, 1.54) is 24.3 Å².